The number of para-hydroxylation sites is 1. The second kappa shape index (κ2) is 4.86. The van der Waals surface area contributed by atoms with Crippen molar-refractivity contribution in [3.05, 3.63) is 29.8 Å². The van der Waals surface area contributed by atoms with E-state index in [0.29, 0.717) is 11.3 Å². The number of hydrogen-bond acceptors (Lipinski definition) is 5. The molecule has 0 amide bonds. The summed E-state index contributed by atoms with van der Waals surface area (Å²) in [4.78, 5) is 22.1. The predicted octanol–water partition coefficient (Wildman–Crippen LogP) is 1.57. The molecule has 0 radical (unpaired) electrons. The van der Waals surface area contributed by atoms with Crippen LogP contribution < -0.4 is 5.73 Å². The molecule has 0 aliphatic heterocycles. The van der Waals surface area contributed by atoms with Gasteiger partial charge in [0.25, 0.3) is 5.79 Å². The number of nitrogen functional groups attached to an aromatic ring is 1. The van der Waals surface area contributed by atoms with Crippen molar-refractivity contribution in [3.8, 4) is 0 Å². The van der Waals surface area contributed by atoms with Gasteiger partial charge in [0.15, 0.2) is 0 Å². The minimum Gasteiger partial charge on any atom is -0.418 e. The van der Waals surface area contributed by atoms with Gasteiger partial charge in [-0.15, -0.1) is 0 Å². The highest BCUT2D eigenvalue weighted by Crippen LogP contribution is 2.31. The Morgan fingerprint density at radius 3 is 2.00 bits per heavy atom. The normalized spacial score (nSPS) is 10.8. The first-order valence-corrected chi connectivity index (χ1v) is 5.09. The van der Waals surface area contributed by atoms with Crippen LogP contribution in [0, 0.1) is 0 Å². The molecule has 17 heavy (non-hydrogen) atoms. The SMILES string of the molecule is CC(=O)OC(C)(OC(C)=O)c1ccccc1N. The number of rotatable bonds is 3. The molecular formula is C12H15NO4. The number of nitrogens with two attached hydrogens (primary N) is 1. The molecule has 0 atom stereocenters. The predicted molar refractivity (Wildman–Crippen MR) is 61.7 cm³/mol. The van der Waals surface area contributed by atoms with Crippen molar-refractivity contribution in [1.29, 1.82) is 0 Å². The van der Waals surface area contributed by atoms with Gasteiger partial charge >= 0.3 is 11.9 Å². The Labute approximate surface area is 99.5 Å². The summed E-state index contributed by atoms with van der Waals surface area (Å²) in [7, 11) is 0. The molecular weight excluding hydrogens is 222 g/mol. The third kappa shape index (κ3) is 3.21. The van der Waals surface area contributed by atoms with Gasteiger partial charge in [-0.05, 0) is 12.1 Å². The molecule has 0 spiro atoms. The minimum absolute atomic E-state index is 0.387. The molecule has 0 aliphatic carbocycles. The van der Waals surface area contributed by atoms with Gasteiger partial charge in [0.2, 0.25) is 0 Å². The van der Waals surface area contributed by atoms with Crippen molar-refractivity contribution >= 4 is 17.6 Å². The Balaban J connectivity index is 3.18. The average Bonchev–Trinajstić information content (AvgIpc) is 2.15. The smallest absolute Gasteiger partial charge is 0.306 e. The zero-order chi connectivity index (χ0) is 13.1. The highest BCUT2D eigenvalue weighted by molar-refractivity contribution is 5.70. The quantitative estimate of drug-likeness (QED) is 0.490. The van der Waals surface area contributed by atoms with Crippen LogP contribution in [0.3, 0.4) is 0 Å². The van der Waals surface area contributed by atoms with Gasteiger partial charge in [0.05, 0.1) is 5.56 Å². The summed E-state index contributed by atoms with van der Waals surface area (Å²) in [6.07, 6.45) is 0. The average molecular weight is 237 g/mol. The molecule has 0 heterocycles. The van der Waals surface area contributed by atoms with E-state index in [1.54, 1.807) is 24.3 Å². The van der Waals surface area contributed by atoms with Crippen LogP contribution in [0.25, 0.3) is 0 Å². The zero-order valence-corrected chi connectivity index (χ0v) is 10.0. The largest absolute Gasteiger partial charge is 0.418 e. The van der Waals surface area contributed by atoms with Crippen LogP contribution in [0.1, 0.15) is 26.3 Å². The molecule has 5 nitrogen and oxygen atoms in total. The summed E-state index contributed by atoms with van der Waals surface area (Å²) in [6, 6.07) is 6.74. The van der Waals surface area contributed by atoms with E-state index in [-0.39, 0.29) is 0 Å². The summed E-state index contributed by atoms with van der Waals surface area (Å²) < 4.78 is 10.1. The monoisotopic (exact) mass is 237 g/mol. The van der Waals surface area contributed by atoms with Crippen LogP contribution in [0.2, 0.25) is 0 Å². The number of benzene rings is 1. The Bertz CT molecular complexity index is 426. The molecule has 1 aromatic carbocycles. The molecule has 0 aromatic heterocycles. The van der Waals surface area contributed by atoms with Gasteiger partial charge in [0, 0.05) is 26.5 Å². The molecule has 0 aliphatic rings. The first-order valence-electron chi connectivity index (χ1n) is 5.09. The Hall–Kier alpha value is -2.04. The van der Waals surface area contributed by atoms with Gasteiger partial charge < -0.3 is 15.2 Å². The maximum absolute atomic E-state index is 11.1. The fraction of sp³-hybridized carbons (Fsp3) is 0.333. The first kappa shape index (κ1) is 13.0. The van der Waals surface area contributed by atoms with Crippen molar-refractivity contribution in [2.45, 2.75) is 26.6 Å². The fourth-order valence-electron chi connectivity index (χ4n) is 1.59. The van der Waals surface area contributed by atoms with Crippen molar-refractivity contribution in [2.75, 3.05) is 5.73 Å². The van der Waals surface area contributed by atoms with Gasteiger partial charge in [-0.1, -0.05) is 12.1 Å². The standard InChI is InChI=1S/C12H15NO4/c1-8(14)16-12(3,17-9(2)15)10-6-4-5-7-11(10)13/h4-7H,13H2,1-3H3. The van der Waals surface area contributed by atoms with Crippen LogP contribution in [0.5, 0.6) is 0 Å². The maximum atomic E-state index is 11.1. The van der Waals surface area contributed by atoms with E-state index in [2.05, 4.69) is 0 Å². The summed E-state index contributed by atoms with van der Waals surface area (Å²) in [6.45, 7) is 3.95. The van der Waals surface area contributed by atoms with Crippen molar-refractivity contribution in [2.24, 2.45) is 0 Å². The lowest BCUT2D eigenvalue weighted by molar-refractivity contribution is -0.224. The summed E-state index contributed by atoms with van der Waals surface area (Å²) in [5.74, 6) is -2.61. The third-order valence-corrected chi connectivity index (χ3v) is 2.13. The second-order valence-electron chi connectivity index (χ2n) is 3.72. The number of ether oxygens (including phenoxy) is 2. The number of hydrogen-bond donors (Lipinski definition) is 1. The van der Waals surface area contributed by atoms with E-state index in [9.17, 15) is 9.59 Å². The maximum Gasteiger partial charge on any atom is 0.306 e. The van der Waals surface area contributed by atoms with Gasteiger partial charge in [-0.25, -0.2) is 0 Å². The summed E-state index contributed by atoms with van der Waals surface area (Å²) >= 11 is 0. The van der Waals surface area contributed by atoms with Gasteiger partial charge in [0.1, 0.15) is 0 Å². The van der Waals surface area contributed by atoms with E-state index in [1.807, 2.05) is 0 Å². The van der Waals surface area contributed by atoms with E-state index >= 15 is 0 Å². The molecule has 0 unspecified atom stereocenters. The number of esters is 2. The number of anilines is 1. The first-order chi connectivity index (χ1) is 7.85. The minimum atomic E-state index is -1.50. The lowest BCUT2D eigenvalue weighted by Gasteiger charge is -2.29. The Morgan fingerprint density at radius 2 is 1.59 bits per heavy atom. The number of carbonyl (C=O) groups is 2. The fourth-order valence-corrected chi connectivity index (χ4v) is 1.59. The molecule has 1 aromatic rings. The zero-order valence-electron chi connectivity index (χ0n) is 10.0. The molecule has 0 fully saturated rings. The molecule has 0 saturated carbocycles. The Kier molecular flexibility index (Phi) is 3.73. The molecule has 5 heteroatoms. The third-order valence-electron chi connectivity index (χ3n) is 2.13. The van der Waals surface area contributed by atoms with Gasteiger partial charge in [-0.2, -0.15) is 0 Å². The molecule has 2 N–H and O–H groups in total. The van der Waals surface area contributed by atoms with E-state index in [1.165, 1.54) is 20.8 Å². The molecule has 0 saturated heterocycles. The molecule has 1 rings (SSSR count). The van der Waals surface area contributed by atoms with E-state index in [4.69, 9.17) is 15.2 Å². The highest BCUT2D eigenvalue weighted by Gasteiger charge is 2.35. The molecule has 92 valence electrons. The number of carbonyl (C=O) groups excluding carboxylic acids is 2. The second-order valence-corrected chi connectivity index (χ2v) is 3.72. The molecule has 0 bridgehead atoms. The lowest BCUT2D eigenvalue weighted by atomic mass is 10.1. The van der Waals surface area contributed by atoms with Crippen molar-refractivity contribution in [3.63, 3.8) is 0 Å². The van der Waals surface area contributed by atoms with Crippen LogP contribution in [-0.4, -0.2) is 11.9 Å². The highest BCUT2D eigenvalue weighted by atomic mass is 16.7. The van der Waals surface area contributed by atoms with E-state index < -0.39 is 17.7 Å². The van der Waals surface area contributed by atoms with Crippen LogP contribution >= 0.6 is 0 Å². The van der Waals surface area contributed by atoms with Crippen molar-refractivity contribution in [1.82, 2.24) is 0 Å². The lowest BCUT2D eigenvalue weighted by Crippen LogP contribution is -2.34. The van der Waals surface area contributed by atoms with Crippen LogP contribution in [0.15, 0.2) is 24.3 Å². The Morgan fingerprint density at radius 1 is 1.12 bits per heavy atom. The van der Waals surface area contributed by atoms with Crippen LogP contribution in [-0.2, 0) is 24.8 Å². The topological polar surface area (TPSA) is 78.6 Å². The van der Waals surface area contributed by atoms with Crippen molar-refractivity contribution < 1.29 is 19.1 Å². The van der Waals surface area contributed by atoms with Crippen LogP contribution in [0.4, 0.5) is 5.69 Å². The summed E-state index contributed by atoms with van der Waals surface area (Å²) in [5, 5.41) is 0. The van der Waals surface area contributed by atoms with E-state index in [0.717, 1.165) is 0 Å². The summed E-state index contributed by atoms with van der Waals surface area (Å²) in [5.41, 5.74) is 6.60. The van der Waals surface area contributed by atoms with Gasteiger partial charge in [-0.3, -0.25) is 9.59 Å².